The highest BCUT2D eigenvalue weighted by Crippen LogP contribution is 2.28. The highest BCUT2D eigenvalue weighted by molar-refractivity contribution is 6.02. The van der Waals surface area contributed by atoms with Gasteiger partial charge in [0, 0.05) is 24.5 Å². The predicted molar refractivity (Wildman–Crippen MR) is 106 cm³/mol. The number of ether oxygens (including phenoxy) is 1. The monoisotopic (exact) mass is 380 g/mol. The van der Waals surface area contributed by atoms with Crippen molar-refractivity contribution in [3.8, 4) is 12.1 Å². The molecular weight excluding hydrogens is 352 g/mol. The van der Waals surface area contributed by atoms with Gasteiger partial charge in [-0.3, -0.25) is 4.79 Å². The van der Waals surface area contributed by atoms with Crippen LogP contribution in [0.4, 0.5) is 0 Å². The molecule has 6 nitrogen and oxygen atoms in total. The molecule has 28 heavy (non-hydrogen) atoms. The topological polar surface area (TPSA) is 90.8 Å². The number of carbonyl (C=O) groups excluding carboxylic acids is 1. The number of hydrogen-bond donors (Lipinski definition) is 1. The van der Waals surface area contributed by atoms with Crippen LogP contribution < -0.4 is 5.32 Å². The Balaban J connectivity index is 1.79. The van der Waals surface area contributed by atoms with E-state index in [1.54, 1.807) is 6.08 Å². The normalized spacial score (nSPS) is 21.7. The lowest BCUT2D eigenvalue weighted by Crippen LogP contribution is -2.49. The van der Waals surface area contributed by atoms with Gasteiger partial charge in [-0.1, -0.05) is 19.3 Å². The molecule has 0 radical (unpaired) electrons. The molecule has 2 heterocycles. The van der Waals surface area contributed by atoms with E-state index in [-0.39, 0.29) is 11.7 Å². The summed E-state index contributed by atoms with van der Waals surface area (Å²) in [4.78, 5) is 12.7. The number of hydrogen-bond acceptors (Lipinski definition) is 4. The third kappa shape index (κ3) is 4.29. The highest BCUT2D eigenvalue weighted by atomic mass is 16.5. The summed E-state index contributed by atoms with van der Waals surface area (Å²) in [6.45, 7) is 5.63. The molecule has 2 aliphatic rings. The van der Waals surface area contributed by atoms with Gasteiger partial charge in [0.2, 0.25) is 0 Å². The molecule has 148 valence electrons. The number of nitrogens with zero attached hydrogens (tertiary/aromatic N) is 3. The van der Waals surface area contributed by atoms with Gasteiger partial charge in [-0.25, -0.2) is 0 Å². The molecule has 1 aromatic rings. The number of amides is 1. The van der Waals surface area contributed by atoms with Crippen LogP contribution in [0.25, 0.3) is 6.08 Å². The van der Waals surface area contributed by atoms with Crippen molar-refractivity contribution in [1.82, 2.24) is 9.88 Å². The fourth-order valence-electron chi connectivity index (χ4n) is 4.26. The fraction of sp³-hybridized carbons (Fsp3) is 0.591. The third-order valence-electron chi connectivity index (χ3n) is 5.96. The molecule has 3 rings (SSSR count). The van der Waals surface area contributed by atoms with E-state index in [1.165, 1.54) is 0 Å². The average molecular weight is 380 g/mol. The number of rotatable bonds is 5. The molecule has 2 fully saturated rings. The van der Waals surface area contributed by atoms with E-state index in [1.807, 2.05) is 26.0 Å². The number of aromatic nitrogens is 1. The Labute approximate surface area is 166 Å². The summed E-state index contributed by atoms with van der Waals surface area (Å²) in [6.07, 6.45) is 8.22. The zero-order valence-corrected chi connectivity index (χ0v) is 16.8. The van der Waals surface area contributed by atoms with E-state index in [9.17, 15) is 15.3 Å². The molecule has 1 aromatic heterocycles. The molecule has 1 amide bonds. The minimum atomic E-state index is -0.845. The summed E-state index contributed by atoms with van der Waals surface area (Å²) in [5.41, 5.74) is 2.15. The maximum absolute atomic E-state index is 12.7. The van der Waals surface area contributed by atoms with Gasteiger partial charge in [-0.15, -0.1) is 0 Å². The van der Waals surface area contributed by atoms with E-state index in [0.717, 1.165) is 62.2 Å². The first-order chi connectivity index (χ1) is 13.5. The quantitative estimate of drug-likeness (QED) is 0.625. The van der Waals surface area contributed by atoms with Gasteiger partial charge in [0.05, 0.1) is 12.2 Å². The van der Waals surface area contributed by atoms with Crippen molar-refractivity contribution < 1.29 is 9.53 Å². The average Bonchev–Trinajstić information content (AvgIpc) is 3.30. The molecular formula is C22H28N4O2. The Kier molecular flexibility index (Phi) is 6.21. The Morgan fingerprint density at radius 1 is 1.32 bits per heavy atom. The smallest absolute Gasteiger partial charge is 0.263 e. The van der Waals surface area contributed by atoms with E-state index >= 15 is 0 Å². The van der Waals surface area contributed by atoms with E-state index in [4.69, 9.17) is 4.74 Å². The van der Waals surface area contributed by atoms with Gasteiger partial charge in [0.1, 0.15) is 17.2 Å². The Morgan fingerprint density at radius 3 is 2.68 bits per heavy atom. The van der Waals surface area contributed by atoms with Crippen LogP contribution in [-0.4, -0.2) is 28.7 Å². The molecule has 0 spiro atoms. The molecule has 0 bridgehead atoms. The maximum atomic E-state index is 12.7. The summed E-state index contributed by atoms with van der Waals surface area (Å²) in [5, 5.41) is 22.0. The molecule has 1 unspecified atom stereocenters. The summed E-state index contributed by atoms with van der Waals surface area (Å²) in [6, 6.07) is 6.28. The largest absolute Gasteiger partial charge is 0.376 e. The zero-order valence-electron chi connectivity index (χ0n) is 16.8. The van der Waals surface area contributed by atoms with E-state index in [0.29, 0.717) is 12.8 Å². The van der Waals surface area contributed by atoms with Crippen molar-refractivity contribution >= 4 is 12.0 Å². The van der Waals surface area contributed by atoms with Crippen molar-refractivity contribution in [2.75, 3.05) is 6.61 Å². The molecule has 1 saturated carbocycles. The molecule has 1 atom stereocenters. The van der Waals surface area contributed by atoms with Crippen molar-refractivity contribution in [3.05, 3.63) is 28.6 Å². The molecule has 1 aliphatic carbocycles. The van der Waals surface area contributed by atoms with Crippen LogP contribution >= 0.6 is 0 Å². The van der Waals surface area contributed by atoms with Crippen LogP contribution in [0.1, 0.15) is 61.9 Å². The van der Waals surface area contributed by atoms with E-state index < -0.39 is 11.4 Å². The second-order valence-corrected chi connectivity index (χ2v) is 7.95. The summed E-state index contributed by atoms with van der Waals surface area (Å²) >= 11 is 0. The van der Waals surface area contributed by atoms with Crippen molar-refractivity contribution in [2.45, 2.75) is 77.0 Å². The first-order valence-electron chi connectivity index (χ1n) is 10.1. The Hall–Kier alpha value is -2.57. The van der Waals surface area contributed by atoms with Crippen LogP contribution in [0.15, 0.2) is 11.6 Å². The first-order valence-corrected chi connectivity index (χ1v) is 10.1. The minimum Gasteiger partial charge on any atom is -0.376 e. The SMILES string of the molecule is Cc1cc(/C=C(/C#N)C(=O)NC2(C#N)CCCCC2)c(C)n1CC1CCCO1. The van der Waals surface area contributed by atoms with Crippen LogP contribution in [-0.2, 0) is 16.1 Å². The minimum absolute atomic E-state index is 0.0394. The summed E-state index contributed by atoms with van der Waals surface area (Å²) in [5.74, 6) is -0.463. The van der Waals surface area contributed by atoms with Gasteiger partial charge >= 0.3 is 0 Å². The third-order valence-corrected chi connectivity index (χ3v) is 5.96. The van der Waals surface area contributed by atoms with Crippen molar-refractivity contribution in [1.29, 1.82) is 10.5 Å². The summed E-state index contributed by atoms with van der Waals surface area (Å²) in [7, 11) is 0. The van der Waals surface area contributed by atoms with Crippen LogP contribution in [0, 0.1) is 36.5 Å². The van der Waals surface area contributed by atoms with Crippen molar-refractivity contribution in [2.24, 2.45) is 0 Å². The van der Waals surface area contributed by atoms with Crippen molar-refractivity contribution in [3.63, 3.8) is 0 Å². The Morgan fingerprint density at radius 2 is 2.07 bits per heavy atom. The van der Waals surface area contributed by atoms with Gasteiger partial charge in [-0.2, -0.15) is 10.5 Å². The van der Waals surface area contributed by atoms with E-state index in [2.05, 4.69) is 16.0 Å². The number of nitriles is 2. The molecule has 1 saturated heterocycles. The molecule has 1 N–H and O–H groups in total. The van der Waals surface area contributed by atoms with Gasteiger partial charge in [0.25, 0.3) is 5.91 Å². The fourth-order valence-corrected chi connectivity index (χ4v) is 4.26. The number of aryl methyl sites for hydroxylation is 1. The van der Waals surface area contributed by atoms with Gasteiger partial charge < -0.3 is 14.6 Å². The molecule has 0 aromatic carbocycles. The predicted octanol–water partition coefficient (Wildman–Crippen LogP) is 3.53. The number of carbonyl (C=O) groups is 1. The van der Waals surface area contributed by atoms with Crippen LogP contribution in [0.3, 0.4) is 0 Å². The lowest BCUT2D eigenvalue weighted by atomic mass is 9.82. The lowest BCUT2D eigenvalue weighted by molar-refractivity contribution is -0.118. The number of nitrogens with one attached hydrogen (secondary N) is 1. The highest BCUT2D eigenvalue weighted by Gasteiger charge is 2.34. The zero-order chi connectivity index (χ0) is 20.1. The van der Waals surface area contributed by atoms with Gasteiger partial charge in [-0.05, 0) is 57.2 Å². The lowest BCUT2D eigenvalue weighted by Gasteiger charge is -2.31. The first kappa shape index (κ1) is 20.2. The molecule has 1 aliphatic heterocycles. The second-order valence-electron chi connectivity index (χ2n) is 7.95. The van der Waals surface area contributed by atoms with Gasteiger partial charge in [0.15, 0.2) is 0 Å². The van der Waals surface area contributed by atoms with Crippen LogP contribution in [0.5, 0.6) is 0 Å². The maximum Gasteiger partial charge on any atom is 0.263 e. The van der Waals surface area contributed by atoms with Crippen LogP contribution in [0.2, 0.25) is 0 Å². The Bertz CT molecular complexity index is 841. The second kappa shape index (κ2) is 8.63. The summed E-state index contributed by atoms with van der Waals surface area (Å²) < 4.78 is 7.93. The molecule has 6 heteroatoms. The standard InChI is InChI=1S/C22H28N4O2/c1-16-11-18(17(2)26(16)14-20-7-6-10-28-20)12-19(13-23)21(27)25-22(15-24)8-4-3-5-9-22/h11-12,20H,3-10,14H2,1-2H3,(H,25,27)/b19-12-.